The van der Waals surface area contributed by atoms with Crippen molar-refractivity contribution >= 4 is 5.97 Å². The topological polar surface area (TPSA) is 26.3 Å². The van der Waals surface area contributed by atoms with Gasteiger partial charge >= 0.3 is 5.97 Å². The number of hydrogen-bond acceptors (Lipinski definition) is 2. The molecule has 0 aromatic heterocycles. The molecule has 0 heterocycles. The van der Waals surface area contributed by atoms with Crippen LogP contribution in [0.15, 0.2) is 35.5 Å². The standard InChI is InChI=1S/C37H62O2/c1-7-8-9-10-11-12-13-19-36(38)39-33-23-20-29(4)32(27-33)22-21-31-18-15-26-37(6)34(24-25-35(31)37)30(5)17-14-16-28(2)3/h21-22,28,30,33-35H,4,7-20,23-27H2,1-3,5-6H3/b31-21+,32-22+/t30-,33+,34-,35?,37-/m1/s1. The molecule has 1 unspecified atom stereocenters. The summed E-state index contributed by atoms with van der Waals surface area (Å²) in [6, 6.07) is 0. The second kappa shape index (κ2) is 16.2. The van der Waals surface area contributed by atoms with E-state index in [0.29, 0.717) is 11.8 Å². The third-order valence-corrected chi connectivity index (χ3v) is 10.6. The fourth-order valence-electron chi connectivity index (χ4n) is 8.22. The Labute approximate surface area is 242 Å². The maximum atomic E-state index is 12.5. The van der Waals surface area contributed by atoms with Crippen molar-refractivity contribution in [2.75, 3.05) is 0 Å². The van der Waals surface area contributed by atoms with Crippen LogP contribution in [0.1, 0.15) is 157 Å². The minimum atomic E-state index is 0.00123. The van der Waals surface area contributed by atoms with Gasteiger partial charge in [-0.2, -0.15) is 0 Å². The molecular weight excluding hydrogens is 476 g/mol. The lowest BCUT2D eigenvalue weighted by Gasteiger charge is -2.44. The number of rotatable bonds is 15. The molecule has 2 nitrogen and oxygen atoms in total. The van der Waals surface area contributed by atoms with Crippen LogP contribution in [0.2, 0.25) is 0 Å². The summed E-state index contributed by atoms with van der Waals surface area (Å²) in [6.07, 6.45) is 27.6. The van der Waals surface area contributed by atoms with E-state index in [4.69, 9.17) is 4.74 Å². The summed E-state index contributed by atoms with van der Waals surface area (Å²) < 4.78 is 5.94. The molecule has 0 aromatic rings. The Hall–Kier alpha value is -1.31. The molecule has 3 fully saturated rings. The zero-order chi connectivity index (χ0) is 28.3. The van der Waals surface area contributed by atoms with Gasteiger partial charge in [0, 0.05) is 12.8 Å². The van der Waals surface area contributed by atoms with Gasteiger partial charge in [0.2, 0.25) is 0 Å². The molecule has 0 saturated heterocycles. The third kappa shape index (κ3) is 9.64. The van der Waals surface area contributed by atoms with E-state index in [2.05, 4.69) is 53.3 Å². The first-order valence-electron chi connectivity index (χ1n) is 17.0. The highest BCUT2D eigenvalue weighted by Crippen LogP contribution is 2.60. The number of hydrogen-bond donors (Lipinski definition) is 0. The molecule has 5 atom stereocenters. The van der Waals surface area contributed by atoms with E-state index in [9.17, 15) is 4.79 Å². The van der Waals surface area contributed by atoms with Gasteiger partial charge in [-0.05, 0) is 86.0 Å². The second-order valence-corrected chi connectivity index (χ2v) is 14.2. The van der Waals surface area contributed by atoms with Crippen LogP contribution >= 0.6 is 0 Å². The average molecular weight is 539 g/mol. The van der Waals surface area contributed by atoms with Crippen LogP contribution in [0, 0.1) is 29.1 Å². The molecule has 3 aliphatic carbocycles. The third-order valence-electron chi connectivity index (χ3n) is 10.6. The summed E-state index contributed by atoms with van der Waals surface area (Å²) in [7, 11) is 0. The fourth-order valence-corrected chi connectivity index (χ4v) is 8.22. The first-order chi connectivity index (χ1) is 18.7. The average Bonchev–Trinajstić information content (AvgIpc) is 3.25. The predicted molar refractivity (Wildman–Crippen MR) is 168 cm³/mol. The van der Waals surface area contributed by atoms with Gasteiger partial charge in [0.25, 0.3) is 0 Å². The Kier molecular flexibility index (Phi) is 13.4. The molecule has 222 valence electrons. The second-order valence-electron chi connectivity index (χ2n) is 14.2. The lowest BCUT2D eigenvalue weighted by molar-refractivity contribution is -0.149. The number of carbonyl (C=O) groups excluding carboxylic acids is 1. The fraction of sp³-hybridized carbons (Fsp3) is 0.811. The summed E-state index contributed by atoms with van der Waals surface area (Å²) in [5.74, 6) is 3.28. The highest BCUT2D eigenvalue weighted by Gasteiger charge is 2.50. The molecule has 0 aliphatic heterocycles. The van der Waals surface area contributed by atoms with Crippen LogP contribution in [-0.2, 0) is 9.53 Å². The van der Waals surface area contributed by atoms with Crippen molar-refractivity contribution < 1.29 is 9.53 Å². The molecule has 3 rings (SSSR count). The van der Waals surface area contributed by atoms with Crippen LogP contribution in [0.25, 0.3) is 0 Å². The van der Waals surface area contributed by atoms with E-state index in [1.54, 1.807) is 5.57 Å². The number of unbranched alkanes of at least 4 members (excludes halogenated alkanes) is 6. The van der Waals surface area contributed by atoms with Crippen LogP contribution in [0.4, 0.5) is 0 Å². The van der Waals surface area contributed by atoms with Gasteiger partial charge in [-0.15, -0.1) is 0 Å². The van der Waals surface area contributed by atoms with E-state index >= 15 is 0 Å². The Morgan fingerprint density at radius 1 is 0.974 bits per heavy atom. The molecular formula is C37H62O2. The molecule has 0 bridgehead atoms. The SMILES string of the molecule is C=C1CC[C@H](OC(=O)CCCCCCCCC)C/C1=C\C=C1/CCC[C@@]2(C)C1CC[C@@H]2[C@H](C)CCCC(C)C. The minimum absolute atomic E-state index is 0.00123. The Bertz CT molecular complexity index is 832. The van der Waals surface area contributed by atoms with E-state index in [0.717, 1.165) is 55.8 Å². The van der Waals surface area contributed by atoms with Crippen molar-refractivity contribution in [2.24, 2.45) is 29.1 Å². The van der Waals surface area contributed by atoms with Crippen LogP contribution < -0.4 is 0 Å². The van der Waals surface area contributed by atoms with Crippen molar-refractivity contribution in [3.05, 3.63) is 35.5 Å². The van der Waals surface area contributed by atoms with Gasteiger partial charge in [-0.25, -0.2) is 0 Å². The Morgan fingerprint density at radius 3 is 2.46 bits per heavy atom. The summed E-state index contributed by atoms with van der Waals surface area (Å²) in [5, 5.41) is 0. The zero-order valence-electron chi connectivity index (χ0n) is 26.5. The molecule has 2 heteroatoms. The van der Waals surface area contributed by atoms with E-state index in [1.807, 2.05) is 0 Å². The Morgan fingerprint density at radius 2 is 1.72 bits per heavy atom. The van der Waals surface area contributed by atoms with Crippen molar-refractivity contribution in [3.8, 4) is 0 Å². The molecule has 0 spiro atoms. The summed E-state index contributed by atoms with van der Waals surface area (Å²) in [5.41, 5.74) is 4.70. The van der Waals surface area contributed by atoms with Crippen molar-refractivity contribution in [1.82, 2.24) is 0 Å². The quantitative estimate of drug-likeness (QED) is 0.153. The number of carbonyl (C=O) groups is 1. The van der Waals surface area contributed by atoms with Gasteiger partial charge in [-0.3, -0.25) is 4.79 Å². The van der Waals surface area contributed by atoms with Crippen molar-refractivity contribution in [2.45, 2.75) is 163 Å². The molecule has 0 aromatic carbocycles. The maximum absolute atomic E-state index is 12.5. The van der Waals surface area contributed by atoms with Crippen molar-refractivity contribution in [3.63, 3.8) is 0 Å². The molecule has 0 N–H and O–H groups in total. The number of fused-ring (bicyclic) bond motifs is 1. The Balaban J connectivity index is 1.52. The lowest BCUT2D eigenvalue weighted by Crippen LogP contribution is -2.36. The molecule has 0 amide bonds. The van der Waals surface area contributed by atoms with E-state index < -0.39 is 0 Å². The maximum Gasteiger partial charge on any atom is 0.306 e. The van der Waals surface area contributed by atoms with E-state index in [1.165, 1.54) is 94.6 Å². The highest BCUT2D eigenvalue weighted by atomic mass is 16.5. The van der Waals surface area contributed by atoms with Crippen LogP contribution in [-0.4, -0.2) is 12.1 Å². The van der Waals surface area contributed by atoms with Crippen molar-refractivity contribution in [1.29, 1.82) is 0 Å². The highest BCUT2D eigenvalue weighted by molar-refractivity contribution is 5.69. The van der Waals surface area contributed by atoms with E-state index in [-0.39, 0.29) is 12.1 Å². The number of allylic oxidation sites excluding steroid dienone is 4. The monoisotopic (exact) mass is 538 g/mol. The smallest absolute Gasteiger partial charge is 0.306 e. The van der Waals surface area contributed by atoms with Gasteiger partial charge < -0.3 is 4.74 Å². The molecule has 3 aliphatic rings. The van der Waals surface area contributed by atoms with Gasteiger partial charge in [-0.1, -0.05) is 122 Å². The van der Waals surface area contributed by atoms with Gasteiger partial charge in [0.05, 0.1) is 0 Å². The summed E-state index contributed by atoms with van der Waals surface area (Å²) in [6.45, 7) is 16.5. The first kappa shape index (κ1) is 32.2. The molecule has 3 saturated carbocycles. The lowest BCUT2D eigenvalue weighted by atomic mass is 9.60. The number of ether oxygens (including phenoxy) is 1. The largest absolute Gasteiger partial charge is 0.462 e. The summed E-state index contributed by atoms with van der Waals surface area (Å²) in [4.78, 5) is 12.5. The van der Waals surface area contributed by atoms with Crippen LogP contribution in [0.3, 0.4) is 0 Å². The molecule has 0 radical (unpaired) electrons. The predicted octanol–water partition coefficient (Wildman–Crippen LogP) is 11.3. The van der Waals surface area contributed by atoms with Gasteiger partial charge in [0.15, 0.2) is 0 Å². The normalized spacial score (nSPS) is 30.2. The van der Waals surface area contributed by atoms with Gasteiger partial charge in [0.1, 0.15) is 6.10 Å². The van der Waals surface area contributed by atoms with Crippen LogP contribution in [0.5, 0.6) is 0 Å². The first-order valence-corrected chi connectivity index (χ1v) is 17.0. The summed E-state index contributed by atoms with van der Waals surface area (Å²) >= 11 is 0. The number of esters is 1. The minimum Gasteiger partial charge on any atom is -0.462 e. The zero-order valence-corrected chi connectivity index (χ0v) is 26.5. The molecule has 39 heavy (non-hydrogen) atoms.